The van der Waals surface area contributed by atoms with Gasteiger partial charge in [0.1, 0.15) is 23.3 Å². The molecule has 7 nitrogen and oxygen atoms in total. The number of carbonyl (C=O) groups is 1. The van der Waals surface area contributed by atoms with Gasteiger partial charge in [0.15, 0.2) is 0 Å². The molecule has 182 valence electrons. The molecular formula is C29H28N4O3. The summed E-state index contributed by atoms with van der Waals surface area (Å²) in [6.45, 7) is 6.37. The minimum Gasteiger partial charge on any atom is -0.497 e. The largest absolute Gasteiger partial charge is 0.497 e. The number of methoxy groups -OCH3 is 1. The van der Waals surface area contributed by atoms with Gasteiger partial charge in [-0.3, -0.25) is 14.2 Å². The summed E-state index contributed by atoms with van der Waals surface area (Å²) >= 11 is 0. The molecule has 5 aromatic rings. The Morgan fingerprint density at radius 2 is 1.69 bits per heavy atom. The van der Waals surface area contributed by atoms with Crippen molar-refractivity contribution in [2.24, 2.45) is 0 Å². The molecule has 0 saturated heterocycles. The molecule has 36 heavy (non-hydrogen) atoms. The van der Waals surface area contributed by atoms with Crippen molar-refractivity contribution >= 4 is 33.5 Å². The maximum atomic E-state index is 13.7. The maximum Gasteiger partial charge on any atom is 0.278 e. The Balaban J connectivity index is 1.56. The summed E-state index contributed by atoms with van der Waals surface area (Å²) in [5, 5.41) is 3.90. The van der Waals surface area contributed by atoms with Gasteiger partial charge in [-0.1, -0.05) is 48.0 Å². The Morgan fingerprint density at radius 1 is 1.00 bits per heavy atom. The summed E-state index contributed by atoms with van der Waals surface area (Å²) < 4.78 is 8.58. The first-order valence-corrected chi connectivity index (χ1v) is 11.8. The predicted octanol–water partition coefficient (Wildman–Crippen LogP) is 4.97. The van der Waals surface area contributed by atoms with Crippen LogP contribution < -0.4 is 15.6 Å². The lowest BCUT2D eigenvalue weighted by atomic mass is 10.1. The van der Waals surface area contributed by atoms with E-state index in [1.54, 1.807) is 22.6 Å². The lowest BCUT2D eigenvalue weighted by molar-refractivity contribution is -0.116. The molecule has 0 saturated carbocycles. The number of hydrogen-bond donors (Lipinski definition) is 1. The Morgan fingerprint density at radius 3 is 2.39 bits per heavy atom. The SMILES string of the molecule is COc1ccc(Cn2cnc3c4ccccc4n(CC(=O)Nc4c(C)cc(C)cc4C)c3c2=O)cc1. The number of nitrogens with zero attached hydrogens (tertiary/aromatic N) is 3. The van der Waals surface area contributed by atoms with E-state index in [2.05, 4.69) is 10.3 Å². The van der Waals surface area contributed by atoms with E-state index >= 15 is 0 Å². The molecule has 1 amide bonds. The van der Waals surface area contributed by atoms with E-state index in [9.17, 15) is 9.59 Å². The summed E-state index contributed by atoms with van der Waals surface area (Å²) in [4.78, 5) is 31.5. The number of amides is 1. The molecule has 5 rings (SSSR count). The van der Waals surface area contributed by atoms with Gasteiger partial charge in [-0.2, -0.15) is 0 Å². The van der Waals surface area contributed by atoms with Crippen molar-refractivity contribution in [1.82, 2.24) is 14.1 Å². The average molecular weight is 481 g/mol. The quantitative estimate of drug-likeness (QED) is 0.372. The summed E-state index contributed by atoms with van der Waals surface area (Å²) in [6, 6.07) is 19.3. The topological polar surface area (TPSA) is 78.2 Å². The molecule has 2 heterocycles. The number of benzene rings is 3. The fraction of sp³-hybridized carbons (Fsp3) is 0.207. The van der Waals surface area contributed by atoms with Crippen LogP contribution in [0, 0.1) is 20.8 Å². The number of anilines is 1. The number of nitrogens with one attached hydrogen (secondary N) is 1. The Hall–Kier alpha value is -4.39. The second-order valence-corrected chi connectivity index (χ2v) is 9.15. The molecule has 0 atom stereocenters. The number of para-hydroxylation sites is 1. The van der Waals surface area contributed by atoms with Crippen LogP contribution in [0.4, 0.5) is 5.69 Å². The minimum absolute atomic E-state index is 0.000237. The average Bonchev–Trinajstić information content (AvgIpc) is 3.17. The van der Waals surface area contributed by atoms with E-state index in [4.69, 9.17) is 4.74 Å². The van der Waals surface area contributed by atoms with Gasteiger partial charge in [-0.25, -0.2) is 4.98 Å². The molecule has 0 unspecified atom stereocenters. The minimum atomic E-state index is -0.197. The van der Waals surface area contributed by atoms with Crippen molar-refractivity contribution in [3.05, 3.63) is 99.6 Å². The highest BCUT2D eigenvalue weighted by atomic mass is 16.5. The molecule has 0 fully saturated rings. The fourth-order valence-electron chi connectivity index (χ4n) is 4.85. The lowest BCUT2D eigenvalue weighted by Gasteiger charge is -2.14. The fourth-order valence-corrected chi connectivity index (χ4v) is 4.85. The monoisotopic (exact) mass is 480 g/mol. The Kier molecular flexibility index (Phi) is 6.06. The molecular weight excluding hydrogens is 452 g/mol. The number of carbonyl (C=O) groups excluding carboxylic acids is 1. The standard InChI is InChI=1S/C29H28N4O3/c1-18-13-19(2)26(20(3)14-18)31-25(34)16-33-24-8-6-5-7-23(24)27-28(33)29(35)32(17-30-27)15-21-9-11-22(36-4)12-10-21/h5-14,17H,15-16H2,1-4H3,(H,31,34). The number of ether oxygens (including phenoxy) is 1. The highest BCUT2D eigenvalue weighted by molar-refractivity contribution is 6.06. The van der Waals surface area contributed by atoms with E-state index in [0.29, 0.717) is 17.6 Å². The van der Waals surface area contributed by atoms with Crippen molar-refractivity contribution < 1.29 is 9.53 Å². The third-order valence-corrected chi connectivity index (χ3v) is 6.49. The van der Waals surface area contributed by atoms with E-state index in [1.165, 1.54) is 0 Å². The summed E-state index contributed by atoms with van der Waals surface area (Å²) in [7, 11) is 1.62. The first-order chi connectivity index (χ1) is 17.4. The van der Waals surface area contributed by atoms with Crippen LogP contribution in [0.5, 0.6) is 5.75 Å². The molecule has 2 aromatic heterocycles. The summed E-state index contributed by atoms with van der Waals surface area (Å²) in [5.41, 5.74) is 6.53. The number of rotatable bonds is 6. The van der Waals surface area contributed by atoms with Gasteiger partial charge in [-0.05, 0) is 55.7 Å². The number of hydrogen-bond acceptors (Lipinski definition) is 4. The van der Waals surface area contributed by atoms with Crippen LogP contribution in [0.3, 0.4) is 0 Å². The maximum absolute atomic E-state index is 13.7. The lowest BCUT2D eigenvalue weighted by Crippen LogP contribution is -2.26. The molecule has 3 aromatic carbocycles. The molecule has 0 spiro atoms. The predicted molar refractivity (Wildman–Crippen MR) is 143 cm³/mol. The normalized spacial score (nSPS) is 11.2. The van der Waals surface area contributed by atoms with Gasteiger partial charge < -0.3 is 14.6 Å². The van der Waals surface area contributed by atoms with Crippen LogP contribution >= 0.6 is 0 Å². The zero-order chi connectivity index (χ0) is 25.4. The van der Waals surface area contributed by atoms with E-state index in [0.717, 1.165) is 44.6 Å². The zero-order valence-corrected chi connectivity index (χ0v) is 20.8. The first kappa shape index (κ1) is 23.4. The van der Waals surface area contributed by atoms with Crippen LogP contribution in [-0.2, 0) is 17.9 Å². The van der Waals surface area contributed by atoms with E-state index < -0.39 is 0 Å². The first-order valence-electron chi connectivity index (χ1n) is 11.8. The third-order valence-electron chi connectivity index (χ3n) is 6.49. The van der Waals surface area contributed by atoms with Crippen molar-refractivity contribution in [2.75, 3.05) is 12.4 Å². The van der Waals surface area contributed by atoms with Crippen molar-refractivity contribution in [2.45, 2.75) is 33.9 Å². The number of aromatic nitrogens is 3. The number of fused-ring (bicyclic) bond motifs is 3. The molecule has 0 radical (unpaired) electrons. The Bertz CT molecular complexity index is 1640. The van der Waals surface area contributed by atoms with E-state index in [1.807, 2.05) is 81.4 Å². The molecule has 0 aliphatic rings. The molecule has 0 aliphatic heterocycles. The zero-order valence-electron chi connectivity index (χ0n) is 20.8. The van der Waals surface area contributed by atoms with Crippen LogP contribution in [-0.4, -0.2) is 27.1 Å². The molecule has 0 aliphatic carbocycles. The molecule has 1 N–H and O–H groups in total. The number of aryl methyl sites for hydroxylation is 3. The van der Waals surface area contributed by atoms with Crippen molar-refractivity contribution in [3.63, 3.8) is 0 Å². The molecule has 0 bridgehead atoms. The summed E-state index contributed by atoms with van der Waals surface area (Å²) in [6.07, 6.45) is 1.57. The highest BCUT2D eigenvalue weighted by Crippen LogP contribution is 2.26. The van der Waals surface area contributed by atoms with Crippen LogP contribution in [0.1, 0.15) is 22.3 Å². The highest BCUT2D eigenvalue weighted by Gasteiger charge is 2.19. The second-order valence-electron chi connectivity index (χ2n) is 9.15. The van der Waals surface area contributed by atoms with Crippen LogP contribution in [0.2, 0.25) is 0 Å². The van der Waals surface area contributed by atoms with Crippen LogP contribution in [0.15, 0.2) is 71.8 Å². The van der Waals surface area contributed by atoms with Gasteiger partial charge in [-0.15, -0.1) is 0 Å². The van der Waals surface area contributed by atoms with E-state index in [-0.39, 0.29) is 18.0 Å². The second kappa shape index (κ2) is 9.34. The van der Waals surface area contributed by atoms with Crippen molar-refractivity contribution in [3.8, 4) is 5.75 Å². The Labute approximate surface area is 209 Å². The molecule has 7 heteroatoms. The van der Waals surface area contributed by atoms with Crippen molar-refractivity contribution in [1.29, 1.82) is 0 Å². The smallest absolute Gasteiger partial charge is 0.278 e. The van der Waals surface area contributed by atoms with Gasteiger partial charge in [0, 0.05) is 11.1 Å². The van der Waals surface area contributed by atoms with Gasteiger partial charge in [0.2, 0.25) is 5.91 Å². The van der Waals surface area contributed by atoms with Gasteiger partial charge in [0.25, 0.3) is 5.56 Å². The van der Waals surface area contributed by atoms with Gasteiger partial charge in [0.05, 0.1) is 25.5 Å². The van der Waals surface area contributed by atoms with Gasteiger partial charge >= 0.3 is 0 Å². The third kappa shape index (κ3) is 4.24. The van der Waals surface area contributed by atoms with Crippen LogP contribution in [0.25, 0.3) is 21.9 Å². The summed E-state index contributed by atoms with van der Waals surface area (Å²) in [5.74, 6) is 0.558.